The van der Waals surface area contributed by atoms with Crippen LogP contribution < -0.4 is 10.1 Å². The SMILES string of the molecule is Fc1cccc(F)c1COc1cccc(Nc2nccc(-c3nccs3)n2)c1. The van der Waals surface area contributed by atoms with E-state index in [9.17, 15) is 8.78 Å². The van der Waals surface area contributed by atoms with E-state index in [4.69, 9.17) is 4.74 Å². The van der Waals surface area contributed by atoms with Gasteiger partial charge in [0.15, 0.2) is 0 Å². The second-order valence-corrected chi connectivity index (χ2v) is 6.64. The summed E-state index contributed by atoms with van der Waals surface area (Å²) in [7, 11) is 0. The van der Waals surface area contributed by atoms with Crippen LogP contribution in [0, 0.1) is 11.6 Å². The van der Waals surface area contributed by atoms with Crippen molar-refractivity contribution in [2.75, 3.05) is 5.32 Å². The summed E-state index contributed by atoms with van der Waals surface area (Å²) < 4.78 is 33.0. The monoisotopic (exact) mass is 396 g/mol. The van der Waals surface area contributed by atoms with Gasteiger partial charge in [-0.2, -0.15) is 0 Å². The first-order valence-corrected chi connectivity index (χ1v) is 9.23. The second kappa shape index (κ2) is 8.10. The highest BCUT2D eigenvalue weighted by Gasteiger charge is 2.10. The van der Waals surface area contributed by atoms with Gasteiger partial charge in [0.1, 0.15) is 34.7 Å². The van der Waals surface area contributed by atoms with Crippen LogP contribution in [0.3, 0.4) is 0 Å². The van der Waals surface area contributed by atoms with Crippen LogP contribution >= 0.6 is 11.3 Å². The fourth-order valence-corrected chi connectivity index (χ4v) is 3.11. The molecule has 0 aliphatic carbocycles. The van der Waals surface area contributed by atoms with Crippen LogP contribution in [0.15, 0.2) is 66.3 Å². The summed E-state index contributed by atoms with van der Waals surface area (Å²) in [5.74, 6) is -0.405. The first-order valence-electron chi connectivity index (χ1n) is 8.35. The summed E-state index contributed by atoms with van der Waals surface area (Å²) in [5, 5.41) is 5.77. The summed E-state index contributed by atoms with van der Waals surface area (Å²) in [6.07, 6.45) is 3.36. The maximum Gasteiger partial charge on any atom is 0.227 e. The second-order valence-electron chi connectivity index (χ2n) is 5.74. The summed E-state index contributed by atoms with van der Waals surface area (Å²) in [6.45, 7) is -0.210. The molecule has 5 nitrogen and oxygen atoms in total. The molecular formula is C20H14F2N4OS. The Balaban J connectivity index is 1.48. The third kappa shape index (κ3) is 4.12. The molecule has 0 aliphatic rings. The number of aromatic nitrogens is 3. The predicted molar refractivity (Wildman–Crippen MR) is 104 cm³/mol. The number of nitrogens with zero attached hydrogens (tertiary/aromatic N) is 3. The molecule has 8 heteroatoms. The number of hydrogen-bond acceptors (Lipinski definition) is 6. The van der Waals surface area contributed by atoms with E-state index in [1.165, 1.54) is 29.5 Å². The van der Waals surface area contributed by atoms with Crippen LogP contribution in [0.4, 0.5) is 20.4 Å². The van der Waals surface area contributed by atoms with E-state index in [1.807, 2.05) is 11.4 Å². The lowest BCUT2D eigenvalue weighted by molar-refractivity contribution is 0.292. The molecule has 0 radical (unpaired) electrons. The molecule has 140 valence electrons. The lowest BCUT2D eigenvalue weighted by Gasteiger charge is -2.10. The van der Waals surface area contributed by atoms with Gasteiger partial charge in [0, 0.05) is 29.5 Å². The first kappa shape index (κ1) is 18.0. The van der Waals surface area contributed by atoms with Crippen molar-refractivity contribution in [1.29, 1.82) is 0 Å². The summed E-state index contributed by atoms with van der Waals surface area (Å²) in [5.41, 5.74) is 1.29. The van der Waals surface area contributed by atoms with Crippen LogP contribution in [-0.4, -0.2) is 15.0 Å². The molecule has 0 atom stereocenters. The Morgan fingerprint density at radius 2 is 1.79 bits per heavy atom. The maximum absolute atomic E-state index is 13.7. The standard InChI is InChI=1S/C20H14F2N4OS/c21-16-5-2-6-17(22)15(16)12-27-14-4-1-3-13(11-14)25-20-24-8-7-18(26-20)19-23-9-10-28-19/h1-11H,12H2,(H,24,25,26). The number of ether oxygens (including phenoxy) is 1. The number of thiazole rings is 1. The Kier molecular flexibility index (Phi) is 5.20. The van der Waals surface area contributed by atoms with Gasteiger partial charge >= 0.3 is 0 Å². The quantitative estimate of drug-likeness (QED) is 0.485. The smallest absolute Gasteiger partial charge is 0.227 e. The highest BCUT2D eigenvalue weighted by Crippen LogP contribution is 2.24. The average molecular weight is 396 g/mol. The van der Waals surface area contributed by atoms with Gasteiger partial charge in [0.25, 0.3) is 0 Å². The van der Waals surface area contributed by atoms with Gasteiger partial charge in [-0.05, 0) is 30.3 Å². The zero-order valence-electron chi connectivity index (χ0n) is 14.5. The number of anilines is 2. The molecule has 1 N–H and O–H groups in total. The van der Waals surface area contributed by atoms with Gasteiger partial charge in [-0.3, -0.25) is 0 Å². The van der Waals surface area contributed by atoms with Crippen molar-refractivity contribution in [3.05, 3.63) is 83.5 Å². The number of rotatable bonds is 6. The molecule has 28 heavy (non-hydrogen) atoms. The van der Waals surface area contributed by atoms with Crippen LogP contribution in [0.5, 0.6) is 5.75 Å². The fraction of sp³-hybridized carbons (Fsp3) is 0.0500. The number of halogens is 2. The molecule has 0 saturated heterocycles. The van der Waals surface area contributed by atoms with E-state index in [2.05, 4.69) is 20.3 Å². The van der Waals surface area contributed by atoms with Crippen LogP contribution in [-0.2, 0) is 6.61 Å². The van der Waals surface area contributed by atoms with Gasteiger partial charge in [-0.1, -0.05) is 12.1 Å². The minimum atomic E-state index is -0.637. The normalized spacial score (nSPS) is 10.6. The summed E-state index contributed by atoms with van der Waals surface area (Å²) >= 11 is 1.49. The van der Waals surface area contributed by atoms with Gasteiger partial charge in [0.2, 0.25) is 5.95 Å². The zero-order chi connectivity index (χ0) is 19.3. The van der Waals surface area contributed by atoms with E-state index in [-0.39, 0.29) is 12.2 Å². The van der Waals surface area contributed by atoms with Gasteiger partial charge in [0.05, 0.1) is 5.56 Å². The molecule has 4 aromatic rings. The number of hydrogen-bond donors (Lipinski definition) is 1. The summed E-state index contributed by atoms with van der Waals surface area (Å²) in [4.78, 5) is 12.9. The third-order valence-corrected chi connectivity index (χ3v) is 4.64. The van der Waals surface area contributed by atoms with Gasteiger partial charge in [-0.15, -0.1) is 11.3 Å². The van der Waals surface area contributed by atoms with Crippen molar-refractivity contribution in [3.8, 4) is 16.5 Å². The van der Waals surface area contributed by atoms with Crippen LogP contribution in [0.1, 0.15) is 5.56 Å². The molecule has 0 unspecified atom stereocenters. The fourth-order valence-electron chi connectivity index (χ4n) is 2.51. The van der Waals surface area contributed by atoms with Crippen molar-refractivity contribution < 1.29 is 13.5 Å². The van der Waals surface area contributed by atoms with Crippen LogP contribution in [0.25, 0.3) is 10.7 Å². The molecule has 4 rings (SSSR count). The number of nitrogens with one attached hydrogen (secondary N) is 1. The molecule has 2 aromatic carbocycles. The molecule has 2 aromatic heterocycles. The molecular weight excluding hydrogens is 382 g/mol. The third-order valence-electron chi connectivity index (χ3n) is 3.84. The van der Waals surface area contributed by atoms with Crippen molar-refractivity contribution in [2.45, 2.75) is 6.61 Å². The Bertz CT molecular complexity index is 1070. The minimum absolute atomic E-state index is 0.111. The Morgan fingerprint density at radius 3 is 2.57 bits per heavy atom. The molecule has 0 aliphatic heterocycles. The molecule has 0 fully saturated rings. The van der Waals surface area contributed by atoms with E-state index in [1.54, 1.807) is 36.7 Å². The number of benzene rings is 2. The molecule has 0 saturated carbocycles. The highest BCUT2D eigenvalue weighted by molar-refractivity contribution is 7.13. The van der Waals surface area contributed by atoms with Crippen molar-refractivity contribution in [1.82, 2.24) is 15.0 Å². The molecule has 0 spiro atoms. The maximum atomic E-state index is 13.7. The summed E-state index contributed by atoms with van der Waals surface area (Å²) in [6, 6.07) is 12.5. The minimum Gasteiger partial charge on any atom is -0.489 e. The van der Waals surface area contributed by atoms with Gasteiger partial charge < -0.3 is 10.1 Å². The Hall–Kier alpha value is -3.39. The first-order chi connectivity index (χ1) is 13.7. The van der Waals surface area contributed by atoms with E-state index < -0.39 is 11.6 Å². The lowest BCUT2D eigenvalue weighted by atomic mass is 10.2. The molecule has 0 bridgehead atoms. The van der Waals surface area contributed by atoms with Crippen molar-refractivity contribution in [2.24, 2.45) is 0 Å². The van der Waals surface area contributed by atoms with E-state index >= 15 is 0 Å². The van der Waals surface area contributed by atoms with Crippen molar-refractivity contribution >= 4 is 23.0 Å². The van der Waals surface area contributed by atoms with Gasteiger partial charge in [-0.25, -0.2) is 23.7 Å². The zero-order valence-corrected chi connectivity index (χ0v) is 15.3. The van der Waals surface area contributed by atoms with E-state index in [0.717, 1.165) is 10.7 Å². The molecule has 2 heterocycles. The van der Waals surface area contributed by atoms with Crippen LogP contribution in [0.2, 0.25) is 0 Å². The predicted octanol–water partition coefficient (Wildman–Crippen LogP) is 5.20. The largest absolute Gasteiger partial charge is 0.489 e. The average Bonchev–Trinajstić information content (AvgIpc) is 3.23. The molecule has 0 amide bonds. The van der Waals surface area contributed by atoms with E-state index in [0.29, 0.717) is 17.4 Å². The Morgan fingerprint density at radius 1 is 0.964 bits per heavy atom. The van der Waals surface area contributed by atoms with Crippen molar-refractivity contribution in [3.63, 3.8) is 0 Å². The lowest BCUT2D eigenvalue weighted by Crippen LogP contribution is -2.02. The highest BCUT2D eigenvalue weighted by atomic mass is 32.1. The Labute approximate surface area is 163 Å². The topological polar surface area (TPSA) is 59.9 Å².